The first-order chi connectivity index (χ1) is 18.5. The van der Waals surface area contributed by atoms with Gasteiger partial charge in [-0.15, -0.1) is 11.3 Å². The molecule has 1 aliphatic heterocycles. The molecule has 6 rings (SSSR count). The molecule has 3 aromatic heterocycles. The number of aromatic nitrogens is 2. The molecule has 0 fully saturated rings. The molecule has 0 aliphatic carbocycles. The zero-order chi connectivity index (χ0) is 26.4. The second-order valence-corrected chi connectivity index (χ2v) is 11.0. The Labute approximate surface area is 227 Å². The van der Waals surface area contributed by atoms with E-state index in [0.717, 1.165) is 32.6 Å². The maximum atomic E-state index is 14.1. The molecule has 0 radical (unpaired) electrons. The SMILES string of the molecule is CCOC(=O)C1=C(c2ccccc2)N=c2sc(=Cc3c(C)n(C)c4ccccc34)c(=O)n2[C@@H]1c1cccs1. The van der Waals surface area contributed by atoms with E-state index in [2.05, 4.69) is 23.6 Å². The van der Waals surface area contributed by atoms with E-state index in [4.69, 9.17) is 9.73 Å². The average Bonchev–Trinajstić information content (AvgIpc) is 3.64. The van der Waals surface area contributed by atoms with Crippen molar-refractivity contribution in [3.05, 3.63) is 119 Å². The summed E-state index contributed by atoms with van der Waals surface area (Å²) in [4.78, 5) is 33.8. The van der Waals surface area contributed by atoms with Crippen LogP contribution in [0.25, 0.3) is 22.7 Å². The van der Waals surface area contributed by atoms with Crippen LogP contribution in [0.4, 0.5) is 0 Å². The number of thiophene rings is 1. The molecule has 0 amide bonds. The quantitative estimate of drug-likeness (QED) is 0.302. The molecule has 38 heavy (non-hydrogen) atoms. The summed E-state index contributed by atoms with van der Waals surface area (Å²) in [5, 5.41) is 3.04. The highest BCUT2D eigenvalue weighted by Gasteiger charge is 2.35. The minimum atomic E-state index is -0.628. The van der Waals surface area contributed by atoms with Gasteiger partial charge in [0.1, 0.15) is 6.04 Å². The van der Waals surface area contributed by atoms with Crippen LogP contribution in [0.1, 0.15) is 34.7 Å². The smallest absolute Gasteiger partial charge is 0.338 e. The number of fused-ring (bicyclic) bond motifs is 2. The Morgan fingerprint density at radius 1 is 1.08 bits per heavy atom. The third-order valence-corrected chi connectivity index (χ3v) is 8.82. The van der Waals surface area contributed by atoms with Crippen molar-refractivity contribution in [1.82, 2.24) is 9.13 Å². The number of aryl methyl sites for hydroxylation is 1. The number of nitrogens with zero attached hydrogens (tertiary/aromatic N) is 3. The van der Waals surface area contributed by atoms with Crippen LogP contribution in [-0.2, 0) is 16.6 Å². The van der Waals surface area contributed by atoms with Crippen molar-refractivity contribution in [1.29, 1.82) is 0 Å². The molecule has 0 saturated carbocycles. The lowest BCUT2D eigenvalue weighted by Crippen LogP contribution is -2.39. The molecular formula is C30H25N3O3S2. The summed E-state index contributed by atoms with van der Waals surface area (Å²) in [5.74, 6) is -0.465. The molecule has 6 nitrogen and oxygen atoms in total. The largest absolute Gasteiger partial charge is 0.463 e. The molecule has 0 N–H and O–H groups in total. The fraction of sp³-hybridized carbons (Fsp3) is 0.167. The second-order valence-electron chi connectivity index (χ2n) is 9.02. The van der Waals surface area contributed by atoms with E-state index in [1.54, 1.807) is 11.5 Å². The van der Waals surface area contributed by atoms with Gasteiger partial charge in [-0.25, -0.2) is 9.79 Å². The lowest BCUT2D eigenvalue weighted by atomic mass is 9.97. The van der Waals surface area contributed by atoms with Crippen LogP contribution in [0.3, 0.4) is 0 Å². The number of hydrogen-bond acceptors (Lipinski definition) is 6. The van der Waals surface area contributed by atoms with Gasteiger partial charge in [0.15, 0.2) is 4.80 Å². The van der Waals surface area contributed by atoms with Crippen LogP contribution in [-0.4, -0.2) is 21.7 Å². The van der Waals surface area contributed by atoms with Gasteiger partial charge >= 0.3 is 5.97 Å². The monoisotopic (exact) mass is 539 g/mol. The van der Waals surface area contributed by atoms with Crippen LogP contribution < -0.4 is 14.9 Å². The van der Waals surface area contributed by atoms with Crippen molar-refractivity contribution in [3.63, 3.8) is 0 Å². The van der Waals surface area contributed by atoms with Gasteiger partial charge in [0, 0.05) is 39.6 Å². The summed E-state index contributed by atoms with van der Waals surface area (Å²) in [6, 6.07) is 21.0. The molecule has 5 aromatic rings. The zero-order valence-electron chi connectivity index (χ0n) is 21.2. The van der Waals surface area contributed by atoms with E-state index in [1.807, 2.05) is 73.1 Å². The lowest BCUT2D eigenvalue weighted by Gasteiger charge is -2.24. The number of benzene rings is 2. The normalized spacial score (nSPS) is 15.6. The minimum absolute atomic E-state index is 0.173. The third-order valence-electron chi connectivity index (χ3n) is 6.91. The van der Waals surface area contributed by atoms with E-state index < -0.39 is 12.0 Å². The van der Waals surface area contributed by atoms with Gasteiger partial charge in [-0.2, -0.15) is 0 Å². The van der Waals surface area contributed by atoms with Crippen LogP contribution in [0.15, 0.2) is 87.5 Å². The lowest BCUT2D eigenvalue weighted by molar-refractivity contribution is -0.138. The fourth-order valence-electron chi connectivity index (χ4n) is 5.02. The summed E-state index contributed by atoms with van der Waals surface area (Å²) in [6.07, 6.45) is 1.96. The molecule has 190 valence electrons. The number of carbonyl (C=O) groups is 1. The molecule has 1 atom stereocenters. The van der Waals surface area contributed by atoms with Crippen molar-refractivity contribution >= 4 is 51.3 Å². The summed E-state index contributed by atoms with van der Waals surface area (Å²) in [7, 11) is 2.03. The summed E-state index contributed by atoms with van der Waals surface area (Å²) in [5.41, 5.74) is 4.74. The van der Waals surface area contributed by atoms with Gasteiger partial charge in [0.05, 0.1) is 22.4 Å². The number of para-hydroxylation sites is 1. The van der Waals surface area contributed by atoms with Crippen LogP contribution in [0.2, 0.25) is 0 Å². The molecule has 0 saturated heterocycles. The Kier molecular flexibility index (Phi) is 6.21. The molecule has 1 aliphatic rings. The predicted octanol–water partition coefficient (Wildman–Crippen LogP) is 4.80. The van der Waals surface area contributed by atoms with Crippen molar-refractivity contribution in [2.75, 3.05) is 6.61 Å². The Balaban J connectivity index is 1.66. The third kappa shape index (κ3) is 3.88. The van der Waals surface area contributed by atoms with Crippen LogP contribution >= 0.6 is 22.7 Å². The molecular weight excluding hydrogens is 514 g/mol. The van der Waals surface area contributed by atoms with Crippen LogP contribution in [0, 0.1) is 6.92 Å². The first-order valence-corrected chi connectivity index (χ1v) is 14.0. The first kappa shape index (κ1) is 24.3. The Morgan fingerprint density at radius 2 is 1.84 bits per heavy atom. The summed E-state index contributed by atoms with van der Waals surface area (Å²) >= 11 is 2.85. The summed E-state index contributed by atoms with van der Waals surface area (Å²) in [6.45, 7) is 4.07. The van der Waals surface area contributed by atoms with Crippen molar-refractivity contribution in [2.24, 2.45) is 12.0 Å². The average molecular weight is 540 g/mol. The Morgan fingerprint density at radius 3 is 2.58 bits per heavy atom. The molecule has 0 bridgehead atoms. The zero-order valence-corrected chi connectivity index (χ0v) is 22.8. The van der Waals surface area contributed by atoms with E-state index in [1.165, 1.54) is 22.7 Å². The maximum Gasteiger partial charge on any atom is 0.338 e. The number of carbonyl (C=O) groups excluding carboxylic acids is 1. The molecule has 4 heterocycles. The van der Waals surface area contributed by atoms with Gasteiger partial charge in [-0.1, -0.05) is 65.9 Å². The van der Waals surface area contributed by atoms with Gasteiger partial charge in [-0.05, 0) is 37.4 Å². The van der Waals surface area contributed by atoms with E-state index in [-0.39, 0.29) is 12.2 Å². The number of hydrogen-bond donors (Lipinski definition) is 0. The molecule has 0 unspecified atom stereocenters. The molecule has 2 aromatic carbocycles. The van der Waals surface area contributed by atoms with Gasteiger partial charge in [0.25, 0.3) is 5.56 Å². The van der Waals surface area contributed by atoms with E-state index in [9.17, 15) is 9.59 Å². The standard InChI is InChI=1S/C30H25N3O3S2/c1-4-36-29(35)25-26(19-11-6-5-7-12-19)31-30-33(27(25)23-15-10-16-37-23)28(34)24(38-30)17-21-18(2)32(3)22-14-9-8-13-20(21)22/h5-17,27H,4H2,1-3H3/t27-/m1/s1. The van der Waals surface area contributed by atoms with Gasteiger partial charge in [0.2, 0.25) is 0 Å². The molecule has 0 spiro atoms. The fourth-order valence-corrected chi connectivity index (χ4v) is 6.83. The topological polar surface area (TPSA) is 65.6 Å². The number of esters is 1. The van der Waals surface area contributed by atoms with Gasteiger partial charge in [-0.3, -0.25) is 9.36 Å². The highest BCUT2D eigenvalue weighted by Crippen LogP contribution is 2.37. The number of thiazole rings is 1. The minimum Gasteiger partial charge on any atom is -0.463 e. The van der Waals surface area contributed by atoms with Crippen molar-refractivity contribution < 1.29 is 9.53 Å². The molecule has 8 heteroatoms. The van der Waals surface area contributed by atoms with E-state index >= 15 is 0 Å². The second kappa shape index (κ2) is 9.70. The Hall–Kier alpha value is -4.01. The predicted molar refractivity (Wildman–Crippen MR) is 153 cm³/mol. The number of rotatable bonds is 5. The van der Waals surface area contributed by atoms with Crippen LogP contribution in [0.5, 0.6) is 0 Å². The maximum absolute atomic E-state index is 14.1. The van der Waals surface area contributed by atoms with E-state index in [0.29, 0.717) is 20.6 Å². The Bertz CT molecular complexity index is 1890. The number of ether oxygens (including phenoxy) is 1. The van der Waals surface area contributed by atoms with Gasteiger partial charge < -0.3 is 9.30 Å². The van der Waals surface area contributed by atoms with Crippen molar-refractivity contribution in [2.45, 2.75) is 19.9 Å². The summed E-state index contributed by atoms with van der Waals surface area (Å²) < 4.78 is 9.87. The van der Waals surface area contributed by atoms with Crippen molar-refractivity contribution in [3.8, 4) is 0 Å². The highest BCUT2D eigenvalue weighted by molar-refractivity contribution is 7.10. The first-order valence-electron chi connectivity index (χ1n) is 12.4. The highest BCUT2D eigenvalue weighted by atomic mass is 32.1.